The summed E-state index contributed by atoms with van der Waals surface area (Å²) in [5.41, 5.74) is 1.19. The van der Waals surface area contributed by atoms with Crippen LogP contribution in [0.1, 0.15) is 41.4 Å². The van der Waals surface area contributed by atoms with Gasteiger partial charge in [0.1, 0.15) is 5.82 Å². The number of carbonyl (C=O) groups excluding carboxylic acids is 1. The molecule has 0 spiro atoms. The maximum Gasteiger partial charge on any atom is 0.435 e. The van der Waals surface area contributed by atoms with E-state index in [1.807, 2.05) is 30.0 Å². The first-order valence-corrected chi connectivity index (χ1v) is 10.8. The molecule has 1 saturated heterocycles. The molecule has 0 bridgehead atoms. The normalized spacial score (nSPS) is 18.9. The third-order valence-corrected chi connectivity index (χ3v) is 5.96. The summed E-state index contributed by atoms with van der Waals surface area (Å²) < 4.78 is 39.9. The molecule has 3 aromatic rings. The van der Waals surface area contributed by atoms with Gasteiger partial charge in [-0.1, -0.05) is 18.6 Å². The lowest BCUT2D eigenvalue weighted by atomic mass is 9.89. The SMILES string of the molecule is Cc1ccc(-n2cccn2)c(C(=O)N2CCCC(C)C2CNc2ccc(C(F)(F)F)nn2)c1. The highest BCUT2D eigenvalue weighted by Gasteiger charge is 2.34. The lowest BCUT2D eigenvalue weighted by Crippen LogP contribution is -2.51. The fourth-order valence-corrected chi connectivity index (χ4v) is 4.19. The van der Waals surface area contributed by atoms with Gasteiger partial charge in [0.05, 0.1) is 17.3 Å². The number of alkyl halides is 3. The van der Waals surface area contributed by atoms with Crippen LogP contribution in [0.5, 0.6) is 0 Å². The number of rotatable bonds is 5. The van der Waals surface area contributed by atoms with Gasteiger partial charge in [-0.25, -0.2) is 4.68 Å². The van der Waals surface area contributed by atoms with Crippen molar-refractivity contribution in [3.8, 4) is 5.69 Å². The van der Waals surface area contributed by atoms with E-state index in [1.165, 1.54) is 6.07 Å². The molecule has 3 heterocycles. The molecule has 1 aliphatic rings. The van der Waals surface area contributed by atoms with Crippen molar-refractivity contribution in [1.29, 1.82) is 0 Å². The fourth-order valence-electron chi connectivity index (χ4n) is 4.19. The van der Waals surface area contributed by atoms with E-state index < -0.39 is 11.9 Å². The van der Waals surface area contributed by atoms with Gasteiger partial charge >= 0.3 is 6.18 Å². The second kappa shape index (κ2) is 9.21. The van der Waals surface area contributed by atoms with Crippen molar-refractivity contribution in [2.75, 3.05) is 18.4 Å². The van der Waals surface area contributed by atoms with E-state index in [0.29, 0.717) is 24.3 Å². The number of carbonyl (C=O) groups is 1. The summed E-state index contributed by atoms with van der Waals surface area (Å²) >= 11 is 0. The minimum Gasteiger partial charge on any atom is -0.367 e. The minimum absolute atomic E-state index is 0.0962. The standard InChI is InChI=1S/C23H25F3N6O/c1-15-6-7-18(32-12-4-10-28-32)17(13-15)22(33)31-11-3-5-16(2)19(31)14-27-21-9-8-20(29-30-21)23(24,25)26/h4,6-10,12-13,16,19H,3,5,11,14H2,1-2H3,(H,27,30). The van der Waals surface area contributed by atoms with Crippen LogP contribution in [0.25, 0.3) is 5.69 Å². The van der Waals surface area contributed by atoms with E-state index in [2.05, 4.69) is 27.5 Å². The quantitative estimate of drug-likeness (QED) is 0.616. The van der Waals surface area contributed by atoms with Crippen molar-refractivity contribution in [1.82, 2.24) is 24.9 Å². The van der Waals surface area contributed by atoms with Gasteiger partial charge < -0.3 is 10.2 Å². The summed E-state index contributed by atoms with van der Waals surface area (Å²) in [4.78, 5) is 15.5. The van der Waals surface area contributed by atoms with Crippen LogP contribution in [-0.2, 0) is 6.18 Å². The number of halogens is 3. The molecule has 33 heavy (non-hydrogen) atoms. The number of anilines is 1. The van der Waals surface area contributed by atoms with Gasteiger partial charge in [-0.3, -0.25) is 4.79 Å². The van der Waals surface area contributed by atoms with Crippen molar-refractivity contribution in [2.45, 2.75) is 38.9 Å². The summed E-state index contributed by atoms with van der Waals surface area (Å²) in [5, 5.41) is 14.2. The van der Waals surface area contributed by atoms with E-state index in [4.69, 9.17) is 0 Å². The number of hydrogen-bond donors (Lipinski definition) is 1. The maximum absolute atomic E-state index is 13.7. The van der Waals surface area contributed by atoms with E-state index in [0.717, 1.165) is 24.5 Å². The van der Waals surface area contributed by atoms with Gasteiger partial charge in [0, 0.05) is 25.5 Å². The van der Waals surface area contributed by atoms with Crippen molar-refractivity contribution in [2.24, 2.45) is 5.92 Å². The Balaban J connectivity index is 1.55. The summed E-state index contributed by atoms with van der Waals surface area (Å²) in [6.45, 7) is 4.97. The Hall–Kier alpha value is -3.43. The molecule has 0 aliphatic carbocycles. The average Bonchev–Trinajstić information content (AvgIpc) is 3.32. The Morgan fingerprint density at radius 1 is 1.21 bits per heavy atom. The number of likely N-dealkylation sites (tertiary alicyclic amines) is 1. The van der Waals surface area contributed by atoms with E-state index >= 15 is 0 Å². The van der Waals surface area contributed by atoms with Gasteiger partial charge in [0.25, 0.3) is 5.91 Å². The molecule has 2 aromatic heterocycles. The molecule has 1 aliphatic heterocycles. The zero-order chi connectivity index (χ0) is 23.6. The largest absolute Gasteiger partial charge is 0.435 e. The Bertz CT molecular complexity index is 1100. The number of hydrogen-bond acceptors (Lipinski definition) is 5. The first kappa shape index (κ1) is 22.8. The van der Waals surface area contributed by atoms with Crippen LogP contribution < -0.4 is 5.32 Å². The highest BCUT2D eigenvalue weighted by atomic mass is 19.4. The molecular formula is C23H25F3N6O. The molecule has 1 amide bonds. The lowest BCUT2D eigenvalue weighted by Gasteiger charge is -2.40. The highest BCUT2D eigenvalue weighted by Crippen LogP contribution is 2.29. The molecule has 0 radical (unpaired) electrons. The number of amides is 1. The van der Waals surface area contributed by atoms with Crippen molar-refractivity contribution >= 4 is 11.7 Å². The third kappa shape index (κ3) is 4.99. The van der Waals surface area contributed by atoms with E-state index in [-0.39, 0.29) is 23.7 Å². The lowest BCUT2D eigenvalue weighted by molar-refractivity contribution is -0.141. The molecule has 10 heteroatoms. The number of piperidine rings is 1. The number of nitrogens with zero attached hydrogens (tertiary/aromatic N) is 5. The predicted octanol–water partition coefficient (Wildman–Crippen LogP) is 4.34. The maximum atomic E-state index is 13.7. The topological polar surface area (TPSA) is 75.9 Å². The molecule has 2 unspecified atom stereocenters. The van der Waals surface area contributed by atoms with Crippen LogP contribution in [0, 0.1) is 12.8 Å². The molecular weight excluding hydrogens is 433 g/mol. The Morgan fingerprint density at radius 2 is 2.03 bits per heavy atom. The monoisotopic (exact) mass is 458 g/mol. The summed E-state index contributed by atoms with van der Waals surface area (Å²) in [7, 11) is 0. The highest BCUT2D eigenvalue weighted by molar-refractivity contribution is 5.98. The zero-order valence-electron chi connectivity index (χ0n) is 18.4. The van der Waals surface area contributed by atoms with Crippen molar-refractivity contribution < 1.29 is 18.0 Å². The molecule has 4 rings (SSSR count). The Labute approximate surface area is 189 Å². The van der Waals surface area contributed by atoms with E-state index in [9.17, 15) is 18.0 Å². The van der Waals surface area contributed by atoms with Crippen LogP contribution in [0.3, 0.4) is 0 Å². The Kier molecular flexibility index (Phi) is 6.35. The average molecular weight is 458 g/mol. The summed E-state index contributed by atoms with van der Waals surface area (Å²) in [6.07, 6.45) is 0.755. The fraction of sp³-hybridized carbons (Fsp3) is 0.391. The zero-order valence-corrected chi connectivity index (χ0v) is 18.4. The van der Waals surface area contributed by atoms with Gasteiger partial charge in [-0.05, 0) is 56.0 Å². The van der Waals surface area contributed by atoms with Gasteiger partial charge in [-0.15, -0.1) is 10.2 Å². The van der Waals surface area contributed by atoms with Gasteiger partial charge in [0.15, 0.2) is 5.69 Å². The number of aromatic nitrogens is 4. The molecule has 0 saturated carbocycles. The van der Waals surface area contributed by atoms with Crippen molar-refractivity contribution in [3.63, 3.8) is 0 Å². The number of aryl methyl sites for hydroxylation is 1. The van der Waals surface area contributed by atoms with Crippen LogP contribution >= 0.6 is 0 Å². The predicted molar refractivity (Wildman–Crippen MR) is 117 cm³/mol. The molecule has 174 valence electrons. The second-order valence-electron chi connectivity index (χ2n) is 8.34. The first-order valence-electron chi connectivity index (χ1n) is 10.8. The second-order valence-corrected chi connectivity index (χ2v) is 8.34. The Morgan fingerprint density at radius 3 is 2.70 bits per heavy atom. The van der Waals surface area contributed by atoms with Gasteiger partial charge in [-0.2, -0.15) is 18.3 Å². The van der Waals surface area contributed by atoms with Crippen molar-refractivity contribution in [3.05, 3.63) is 65.6 Å². The summed E-state index contributed by atoms with van der Waals surface area (Å²) in [6, 6.07) is 9.49. The van der Waals surface area contributed by atoms with E-state index in [1.54, 1.807) is 23.1 Å². The number of nitrogens with one attached hydrogen (secondary N) is 1. The summed E-state index contributed by atoms with van der Waals surface area (Å²) in [5.74, 6) is 0.345. The van der Waals surface area contributed by atoms with Crippen LogP contribution in [0.4, 0.5) is 19.0 Å². The van der Waals surface area contributed by atoms with Crippen LogP contribution in [0.15, 0.2) is 48.8 Å². The minimum atomic E-state index is -4.53. The van der Waals surface area contributed by atoms with Crippen LogP contribution in [-0.4, -0.2) is 49.9 Å². The molecule has 7 nitrogen and oxygen atoms in total. The van der Waals surface area contributed by atoms with Crippen LogP contribution in [0.2, 0.25) is 0 Å². The number of benzene rings is 1. The first-order chi connectivity index (χ1) is 15.7. The third-order valence-electron chi connectivity index (χ3n) is 5.96. The molecule has 1 aromatic carbocycles. The smallest absolute Gasteiger partial charge is 0.367 e. The molecule has 2 atom stereocenters. The molecule has 1 N–H and O–H groups in total. The van der Waals surface area contributed by atoms with Gasteiger partial charge in [0.2, 0.25) is 0 Å². The molecule has 1 fully saturated rings.